The van der Waals surface area contributed by atoms with E-state index in [2.05, 4.69) is 26.0 Å². The molecule has 0 unspecified atom stereocenters. The van der Waals surface area contributed by atoms with Gasteiger partial charge in [0.15, 0.2) is 0 Å². The van der Waals surface area contributed by atoms with Crippen LogP contribution in [0.25, 0.3) is 11.3 Å². The van der Waals surface area contributed by atoms with Crippen molar-refractivity contribution in [1.29, 1.82) is 0 Å². The third-order valence-corrected chi connectivity index (χ3v) is 2.69. The van der Waals surface area contributed by atoms with Gasteiger partial charge in [-0.2, -0.15) is 0 Å². The summed E-state index contributed by atoms with van der Waals surface area (Å²) in [5, 5.41) is 0. The third-order valence-electron chi connectivity index (χ3n) is 2.69. The molecule has 84 valence electrons. The maximum absolute atomic E-state index is 5.48. The summed E-state index contributed by atoms with van der Waals surface area (Å²) in [4.78, 5) is 17.1. The van der Waals surface area contributed by atoms with Crippen LogP contribution in [0.5, 0.6) is 0 Å². The molecule has 0 saturated carbocycles. The second kappa shape index (κ2) is 4.03. The average molecular weight is 225 g/mol. The molecule has 0 bridgehead atoms. The Morgan fingerprint density at radius 3 is 2.82 bits per heavy atom. The SMILES string of the molecule is NCc1cnc(-c2cnc3c(c2)CN=C3)cn1. The second-order valence-corrected chi connectivity index (χ2v) is 3.84. The Labute approximate surface area is 98.5 Å². The molecule has 0 aromatic carbocycles. The number of nitrogens with two attached hydrogens (primary N) is 1. The molecule has 0 atom stereocenters. The van der Waals surface area contributed by atoms with Crippen molar-refractivity contribution in [1.82, 2.24) is 15.0 Å². The van der Waals surface area contributed by atoms with E-state index >= 15 is 0 Å². The first-order valence-electron chi connectivity index (χ1n) is 5.37. The monoisotopic (exact) mass is 225 g/mol. The molecule has 0 radical (unpaired) electrons. The van der Waals surface area contributed by atoms with E-state index in [4.69, 9.17) is 5.73 Å². The smallest absolute Gasteiger partial charge is 0.0901 e. The number of hydrogen-bond acceptors (Lipinski definition) is 5. The highest BCUT2D eigenvalue weighted by Crippen LogP contribution is 2.20. The molecule has 0 spiro atoms. The van der Waals surface area contributed by atoms with Gasteiger partial charge in [-0.25, -0.2) is 0 Å². The molecule has 2 aromatic heterocycles. The van der Waals surface area contributed by atoms with E-state index in [-0.39, 0.29) is 0 Å². The van der Waals surface area contributed by atoms with Crippen molar-refractivity contribution in [3.8, 4) is 11.3 Å². The molecule has 1 aliphatic heterocycles. The Hall–Kier alpha value is -2.14. The lowest BCUT2D eigenvalue weighted by molar-refractivity contribution is 0.965. The van der Waals surface area contributed by atoms with Crippen LogP contribution in [0.4, 0.5) is 0 Å². The van der Waals surface area contributed by atoms with Crippen LogP contribution in [0.3, 0.4) is 0 Å². The summed E-state index contributed by atoms with van der Waals surface area (Å²) in [7, 11) is 0. The summed E-state index contributed by atoms with van der Waals surface area (Å²) in [5.74, 6) is 0. The van der Waals surface area contributed by atoms with Gasteiger partial charge in [-0.3, -0.25) is 19.9 Å². The molecule has 17 heavy (non-hydrogen) atoms. The molecule has 3 rings (SSSR count). The third kappa shape index (κ3) is 1.81. The lowest BCUT2D eigenvalue weighted by atomic mass is 10.1. The number of aromatic nitrogens is 3. The number of nitrogens with zero attached hydrogens (tertiary/aromatic N) is 4. The van der Waals surface area contributed by atoms with Gasteiger partial charge in [-0.15, -0.1) is 0 Å². The van der Waals surface area contributed by atoms with Crippen LogP contribution >= 0.6 is 0 Å². The standard InChI is InChI=1S/C12H11N5/c13-2-10-5-17-12(7-15-10)9-1-8-3-14-6-11(8)16-4-9/h1,4-7H,2-3,13H2. The van der Waals surface area contributed by atoms with E-state index in [1.807, 2.05) is 0 Å². The fourth-order valence-corrected chi connectivity index (χ4v) is 1.74. The highest BCUT2D eigenvalue weighted by molar-refractivity contribution is 5.82. The summed E-state index contributed by atoms with van der Waals surface area (Å²) in [6.07, 6.45) is 7.01. The van der Waals surface area contributed by atoms with E-state index in [9.17, 15) is 0 Å². The van der Waals surface area contributed by atoms with Crippen molar-refractivity contribution in [2.45, 2.75) is 13.1 Å². The Balaban J connectivity index is 1.98. The Kier molecular flexibility index (Phi) is 2.38. The minimum Gasteiger partial charge on any atom is -0.325 e. The van der Waals surface area contributed by atoms with Gasteiger partial charge in [-0.05, 0) is 6.07 Å². The largest absolute Gasteiger partial charge is 0.325 e. The molecule has 5 heteroatoms. The Morgan fingerprint density at radius 2 is 2.06 bits per heavy atom. The molecule has 1 aliphatic rings. The van der Waals surface area contributed by atoms with Crippen LogP contribution < -0.4 is 5.73 Å². The van der Waals surface area contributed by atoms with Crippen molar-refractivity contribution in [3.05, 3.63) is 41.6 Å². The zero-order valence-corrected chi connectivity index (χ0v) is 9.17. The van der Waals surface area contributed by atoms with Crippen LogP contribution in [0, 0.1) is 0 Å². The van der Waals surface area contributed by atoms with Crippen LogP contribution in [-0.2, 0) is 13.1 Å². The van der Waals surface area contributed by atoms with Gasteiger partial charge in [0.25, 0.3) is 0 Å². The van der Waals surface area contributed by atoms with Crippen molar-refractivity contribution < 1.29 is 0 Å². The van der Waals surface area contributed by atoms with E-state index in [1.54, 1.807) is 24.8 Å². The van der Waals surface area contributed by atoms with Gasteiger partial charge < -0.3 is 5.73 Å². The number of rotatable bonds is 2. The van der Waals surface area contributed by atoms with Crippen molar-refractivity contribution in [2.24, 2.45) is 10.7 Å². The first kappa shape index (κ1) is 10.0. The minimum absolute atomic E-state index is 0.406. The van der Waals surface area contributed by atoms with Crippen LogP contribution in [0.15, 0.2) is 29.6 Å². The maximum atomic E-state index is 5.48. The molecule has 0 saturated heterocycles. The summed E-state index contributed by atoms with van der Waals surface area (Å²) in [5.41, 5.74) is 10.1. The summed E-state index contributed by atoms with van der Waals surface area (Å²) in [6, 6.07) is 2.06. The normalized spacial score (nSPS) is 12.8. The predicted octanol–water partition coefficient (Wildman–Crippen LogP) is 0.930. The van der Waals surface area contributed by atoms with Crippen molar-refractivity contribution in [3.63, 3.8) is 0 Å². The fourth-order valence-electron chi connectivity index (χ4n) is 1.74. The lowest BCUT2D eigenvalue weighted by Crippen LogP contribution is -2.00. The summed E-state index contributed by atoms with van der Waals surface area (Å²) in [6.45, 7) is 1.11. The number of pyridine rings is 1. The van der Waals surface area contributed by atoms with Crippen LogP contribution in [0.1, 0.15) is 17.0 Å². The van der Waals surface area contributed by atoms with Gasteiger partial charge in [-0.1, -0.05) is 0 Å². The second-order valence-electron chi connectivity index (χ2n) is 3.84. The van der Waals surface area contributed by atoms with Crippen LogP contribution in [-0.4, -0.2) is 21.2 Å². The molecule has 0 aliphatic carbocycles. The van der Waals surface area contributed by atoms with Crippen molar-refractivity contribution in [2.75, 3.05) is 0 Å². The number of fused-ring (bicyclic) bond motifs is 1. The highest BCUT2D eigenvalue weighted by Gasteiger charge is 2.09. The minimum atomic E-state index is 0.406. The van der Waals surface area contributed by atoms with E-state index in [1.165, 1.54) is 0 Å². The summed E-state index contributed by atoms with van der Waals surface area (Å²) >= 11 is 0. The van der Waals surface area contributed by atoms with E-state index in [0.717, 1.165) is 28.2 Å². The molecule has 3 heterocycles. The first-order chi connectivity index (χ1) is 8.36. The molecule has 2 aromatic rings. The molecule has 5 nitrogen and oxygen atoms in total. The van der Waals surface area contributed by atoms with E-state index < -0.39 is 0 Å². The zero-order valence-electron chi connectivity index (χ0n) is 9.17. The van der Waals surface area contributed by atoms with E-state index in [0.29, 0.717) is 13.1 Å². The molecule has 0 amide bonds. The number of aliphatic imine (C=N–C) groups is 1. The predicted molar refractivity (Wildman–Crippen MR) is 64.5 cm³/mol. The van der Waals surface area contributed by atoms with Gasteiger partial charge in [0, 0.05) is 30.1 Å². The van der Waals surface area contributed by atoms with Gasteiger partial charge in [0.1, 0.15) is 0 Å². The number of hydrogen-bond donors (Lipinski definition) is 1. The summed E-state index contributed by atoms with van der Waals surface area (Å²) < 4.78 is 0. The average Bonchev–Trinajstić information content (AvgIpc) is 2.86. The topological polar surface area (TPSA) is 77.0 Å². The van der Waals surface area contributed by atoms with Gasteiger partial charge in [0.05, 0.1) is 36.0 Å². The van der Waals surface area contributed by atoms with Crippen LogP contribution in [0.2, 0.25) is 0 Å². The zero-order chi connectivity index (χ0) is 11.7. The molecule has 2 N–H and O–H groups in total. The fraction of sp³-hybridized carbons (Fsp3) is 0.167. The first-order valence-corrected chi connectivity index (χ1v) is 5.37. The highest BCUT2D eigenvalue weighted by atomic mass is 14.8. The van der Waals surface area contributed by atoms with Gasteiger partial charge >= 0.3 is 0 Å². The maximum Gasteiger partial charge on any atom is 0.0901 e. The lowest BCUT2D eigenvalue weighted by Gasteiger charge is -2.03. The Morgan fingerprint density at radius 1 is 1.12 bits per heavy atom. The molecule has 0 fully saturated rings. The Bertz CT molecular complexity index is 574. The molecular weight excluding hydrogens is 214 g/mol. The molecular formula is C12H11N5. The van der Waals surface area contributed by atoms with Crippen molar-refractivity contribution >= 4 is 6.21 Å². The quantitative estimate of drug-likeness (QED) is 0.824. The van der Waals surface area contributed by atoms with Gasteiger partial charge in [0.2, 0.25) is 0 Å².